The standard InChI is InChI=1S/C31H52N2O7.2ClH/c1-6-9-12-15-25(31(35)39-8-3)26-22-32-19-20-33(26)23-24-17-18-27(36-4)30(37-5)29(24)40-21-14-11-10-13-16-28(34)38-7-2;;/h17-18,25-26,32H,6-16,19-23H2,1-5H3;2*1H. The van der Waals surface area contributed by atoms with E-state index in [9.17, 15) is 9.59 Å². The molecule has 0 aliphatic carbocycles. The molecule has 1 aromatic rings. The maximum atomic E-state index is 13.0. The van der Waals surface area contributed by atoms with Crippen molar-refractivity contribution in [2.24, 2.45) is 5.92 Å². The minimum Gasteiger partial charge on any atom is -0.493 e. The van der Waals surface area contributed by atoms with Gasteiger partial charge >= 0.3 is 11.9 Å². The van der Waals surface area contributed by atoms with Crippen LogP contribution in [0.2, 0.25) is 0 Å². The van der Waals surface area contributed by atoms with Crippen molar-refractivity contribution in [3.63, 3.8) is 0 Å². The molecule has 0 radical (unpaired) electrons. The molecule has 0 spiro atoms. The molecule has 1 heterocycles. The van der Waals surface area contributed by atoms with E-state index in [1.165, 1.54) is 0 Å². The van der Waals surface area contributed by atoms with Crippen LogP contribution in [0.1, 0.15) is 84.1 Å². The number of ether oxygens (including phenoxy) is 5. The SMILES string of the molecule is CCCCCC(C(=O)OCC)C1CNCCN1Cc1ccc(OC)c(OC)c1OCCCCCCC(=O)OCC.Cl.Cl. The van der Waals surface area contributed by atoms with E-state index in [-0.39, 0.29) is 48.7 Å². The van der Waals surface area contributed by atoms with Gasteiger partial charge in [-0.25, -0.2) is 0 Å². The number of methoxy groups -OCH3 is 2. The zero-order valence-corrected chi connectivity index (χ0v) is 27.9. The molecule has 0 saturated carbocycles. The van der Waals surface area contributed by atoms with Crippen LogP contribution in [-0.4, -0.2) is 76.6 Å². The van der Waals surface area contributed by atoms with E-state index in [1.807, 2.05) is 26.0 Å². The summed E-state index contributed by atoms with van der Waals surface area (Å²) in [5.74, 6) is 1.47. The number of carbonyl (C=O) groups is 2. The Hall–Kier alpha value is -1.94. The first-order valence-electron chi connectivity index (χ1n) is 15.1. The summed E-state index contributed by atoms with van der Waals surface area (Å²) in [6, 6.07) is 3.98. The number of halogens is 2. The van der Waals surface area contributed by atoms with Gasteiger partial charge in [0.05, 0.1) is 40.0 Å². The van der Waals surface area contributed by atoms with Gasteiger partial charge in [-0.05, 0) is 39.2 Å². The van der Waals surface area contributed by atoms with E-state index < -0.39 is 0 Å². The predicted molar refractivity (Wildman–Crippen MR) is 171 cm³/mol. The smallest absolute Gasteiger partial charge is 0.310 e. The fraction of sp³-hybridized carbons (Fsp3) is 0.742. The molecule has 0 amide bonds. The van der Waals surface area contributed by atoms with Gasteiger partial charge in [0.15, 0.2) is 11.5 Å². The average Bonchev–Trinajstić information content (AvgIpc) is 2.96. The Morgan fingerprint density at radius 2 is 1.67 bits per heavy atom. The van der Waals surface area contributed by atoms with Gasteiger partial charge in [0, 0.05) is 44.2 Å². The Balaban J connectivity index is 0.00000840. The van der Waals surface area contributed by atoms with Crippen molar-refractivity contribution in [2.75, 3.05) is 53.7 Å². The third-order valence-electron chi connectivity index (χ3n) is 7.35. The maximum absolute atomic E-state index is 13.0. The number of nitrogens with zero attached hydrogens (tertiary/aromatic N) is 1. The molecule has 0 bridgehead atoms. The van der Waals surface area contributed by atoms with Crippen LogP contribution < -0.4 is 19.5 Å². The molecule has 1 aliphatic heterocycles. The van der Waals surface area contributed by atoms with E-state index in [1.54, 1.807) is 14.2 Å². The van der Waals surface area contributed by atoms with Gasteiger partial charge in [-0.3, -0.25) is 14.5 Å². The minimum absolute atomic E-state index is 0. The molecule has 1 fully saturated rings. The summed E-state index contributed by atoms with van der Waals surface area (Å²) < 4.78 is 28.2. The van der Waals surface area contributed by atoms with Gasteiger partial charge in [-0.1, -0.05) is 45.1 Å². The van der Waals surface area contributed by atoms with Crippen molar-refractivity contribution < 1.29 is 33.3 Å². The lowest BCUT2D eigenvalue weighted by atomic mass is 9.90. The van der Waals surface area contributed by atoms with Gasteiger partial charge in [0.2, 0.25) is 5.75 Å². The first-order chi connectivity index (χ1) is 19.5. The highest BCUT2D eigenvalue weighted by Gasteiger charge is 2.35. The Bertz CT molecular complexity index is 891. The van der Waals surface area contributed by atoms with E-state index in [2.05, 4.69) is 17.1 Å². The summed E-state index contributed by atoms with van der Waals surface area (Å²) in [6.07, 6.45) is 8.08. The number of esters is 2. The van der Waals surface area contributed by atoms with Gasteiger partial charge in [0.25, 0.3) is 0 Å². The highest BCUT2D eigenvalue weighted by Crippen LogP contribution is 2.41. The van der Waals surface area contributed by atoms with E-state index >= 15 is 0 Å². The van der Waals surface area contributed by atoms with Gasteiger partial charge in [-0.15, -0.1) is 24.8 Å². The number of nitrogens with one attached hydrogen (secondary N) is 1. The monoisotopic (exact) mass is 636 g/mol. The lowest BCUT2D eigenvalue weighted by molar-refractivity contribution is -0.151. The molecule has 1 aliphatic rings. The second kappa shape index (κ2) is 23.5. The van der Waals surface area contributed by atoms with Crippen LogP contribution in [0.4, 0.5) is 0 Å². The molecule has 2 atom stereocenters. The average molecular weight is 638 g/mol. The molecule has 0 aromatic heterocycles. The third-order valence-corrected chi connectivity index (χ3v) is 7.35. The highest BCUT2D eigenvalue weighted by atomic mass is 35.5. The topological polar surface area (TPSA) is 95.6 Å². The first kappa shape index (κ1) is 40.1. The van der Waals surface area contributed by atoms with Crippen molar-refractivity contribution in [3.05, 3.63) is 17.7 Å². The number of benzene rings is 1. The zero-order chi connectivity index (χ0) is 29.2. The Kier molecular flexibility index (Phi) is 22.4. The second-order valence-corrected chi connectivity index (χ2v) is 10.2. The largest absolute Gasteiger partial charge is 0.493 e. The minimum atomic E-state index is -0.182. The van der Waals surface area contributed by atoms with Crippen LogP contribution in [0.15, 0.2) is 12.1 Å². The summed E-state index contributed by atoms with van der Waals surface area (Å²) in [5.41, 5.74) is 1.00. The fourth-order valence-electron chi connectivity index (χ4n) is 5.26. The van der Waals surface area contributed by atoms with Gasteiger partial charge < -0.3 is 29.0 Å². The maximum Gasteiger partial charge on any atom is 0.310 e. The molecule has 2 unspecified atom stereocenters. The number of hydrogen-bond donors (Lipinski definition) is 1. The summed E-state index contributed by atoms with van der Waals surface area (Å²) in [7, 11) is 3.25. The number of rotatable bonds is 20. The molecule has 1 aromatic carbocycles. The summed E-state index contributed by atoms with van der Waals surface area (Å²) in [6.45, 7) is 10.3. The number of piperazine rings is 1. The lowest BCUT2D eigenvalue weighted by Gasteiger charge is -2.40. The predicted octanol–water partition coefficient (Wildman–Crippen LogP) is 5.97. The van der Waals surface area contributed by atoms with Crippen molar-refractivity contribution in [2.45, 2.75) is 91.1 Å². The quantitative estimate of drug-likeness (QED) is 0.137. The summed E-state index contributed by atoms with van der Waals surface area (Å²) >= 11 is 0. The van der Waals surface area contributed by atoms with Crippen LogP contribution in [0.25, 0.3) is 0 Å². The fourth-order valence-corrected chi connectivity index (χ4v) is 5.26. The third kappa shape index (κ3) is 13.1. The normalized spacial score (nSPS) is 15.5. The van der Waals surface area contributed by atoms with E-state index in [0.29, 0.717) is 50.0 Å². The van der Waals surface area contributed by atoms with E-state index in [0.717, 1.165) is 76.6 Å². The summed E-state index contributed by atoms with van der Waals surface area (Å²) in [5, 5.41) is 3.49. The summed E-state index contributed by atoms with van der Waals surface area (Å²) in [4.78, 5) is 27.0. The van der Waals surface area contributed by atoms with Gasteiger partial charge in [0.1, 0.15) is 0 Å². The van der Waals surface area contributed by atoms with E-state index in [4.69, 9.17) is 23.7 Å². The molecule has 2 rings (SSSR count). The number of carbonyl (C=O) groups excluding carboxylic acids is 2. The Labute approximate surface area is 265 Å². The zero-order valence-electron chi connectivity index (χ0n) is 26.2. The van der Waals surface area contributed by atoms with Crippen LogP contribution in [-0.2, 0) is 25.6 Å². The lowest BCUT2D eigenvalue weighted by Crippen LogP contribution is -2.55. The van der Waals surface area contributed by atoms with Crippen LogP contribution >= 0.6 is 24.8 Å². The van der Waals surface area contributed by atoms with Crippen LogP contribution in [0, 0.1) is 5.92 Å². The van der Waals surface area contributed by atoms with Crippen molar-refractivity contribution in [1.82, 2.24) is 10.2 Å². The highest BCUT2D eigenvalue weighted by molar-refractivity contribution is 5.85. The molecule has 1 N–H and O–H groups in total. The molecule has 1 saturated heterocycles. The first-order valence-corrected chi connectivity index (χ1v) is 15.1. The molecule has 244 valence electrons. The Morgan fingerprint density at radius 1 is 0.929 bits per heavy atom. The Morgan fingerprint density at radius 3 is 2.33 bits per heavy atom. The number of hydrogen-bond acceptors (Lipinski definition) is 9. The molecule has 11 heteroatoms. The van der Waals surface area contributed by atoms with Crippen LogP contribution in [0.5, 0.6) is 17.2 Å². The molecule has 42 heavy (non-hydrogen) atoms. The number of unbranched alkanes of at least 4 members (excludes halogenated alkanes) is 5. The van der Waals surface area contributed by atoms with Gasteiger partial charge in [-0.2, -0.15) is 0 Å². The molecule has 9 nitrogen and oxygen atoms in total. The van der Waals surface area contributed by atoms with Crippen molar-refractivity contribution in [1.29, 1.82) is 0 Å². The van der Waals surface area contributed by atoms with Crippen molar-refractivity contribution >= 4 is 36.8 Å². The van der Waals surface area contributed by atoms with Crippen molar-refractivity contribution in [3.8, 4) is 17.2 Å². The second-order valence-electron chi connectivity index (χ2n) is 10.2. The molecular formula is C31H54Cl2N2O7. The molecular weight excluding hydrogens is 583 g/mol. The van der Waals surface area contributed by atoms with Crippen LogP contribution in [0.3, 0.4) is 0 Å².